The number of nitrogens with zero attached hydrogens (tertiary/aromatic N) is 2. The normalized spacial score (nSPS) is 12.4. The first-order chi connectivity index (χ1) is 13.4. The monoisotopic (exact) mass is 550 g/mol. The molecule has 0 amide bonds. The summed E-state index contributed by atoms with van der Waals surface area (Å²) in [5, 5.41) is 17.8. The molecule has 1 atom stereocenters. The lowest BCUT2D eigenvalue weighted by atomic mass is 10.1. The fourth-order valence-corrected chi connectivity index (χ4v) is 3.33. The molecule has 0 aliphatic carbocycles. The van der Waals surface area contributed by atoms with Crippen molar-refractivity contribution < 1.29 is 5.11 Å². The van der Waals surface area contributed by atoms with Gasteiger partial charge in [0.05, 0.1) is 12.6 Å². The lowest BCUT2D eigenvalue weighted by Gasteiger charge is -2.16. The Morgan fingerprint density at radius 2 is 1.72 bits per heavy atom. The number of aliphatic hydroxyl groups is 1. The molecule has 3 N–H and O–H groups in total. The van der Waals surface area contributed by atoms with Crippen LogP contribution in [0.15, 0.2) is 47.5 Å². The van der Waals surface area contributed by atoms with Gasteiger partial charge in [-0.1, -0.05) is 47.5 Å². The fourth-order valence-electron chi connectivity index (χ4n) is 2.78. The van der Waals surface area contributed by atoms with Crippen molar-refractivity contribution >= 4 is 53.1 Å². The van der Waals surface area contributed by atoms with Gasteiger partial charge in [0, 0.05) is 29.7 Å². The first-order valence-corrected chi connectivity index (χ1v) is 10.0. The Morgan fingerprint density at radius 3 is 2.34 bits per heavy atom. The van der Waals surface area contributed by atoms with E-state index in [1.54, 1.807) is 18.2 Å². The van der Waals surface area contributed by atoms with Gasteiger partial charge in [0.2, 0.25) is 0 Å². The zero-order valence-corrected chi connectivity index (χ0v) is 20.8. The van der Waals surface area contributed by atoms with Gasteiger partial charge in [-0.3, -0.25) is 0 Å². The average Bonchev–Trinajstić information content (AvgIpc) is 2.62. The molecule has 8 heteroatoms. The average molecular weight is 551 g/mol. The molecule has 5 nitrogen and oxygen atoms in total. The molecule has 0 saturated carbocycles. The van der Waals surface area contributed by atoms with E-state index in [0.29, 0.717) is 34.7 Å². The van der Waals surface area contributed by atoms with Crippen LogP contribution in [-0.2, 0) is 13.1 Å². The Labute approximate surface area is 200 Å². The number of hydrogen-bond acceptors (Lipinski definition) is 3. The Balaban J connectivity index is 0.00000420. The molecule has 1 unspecified atom stereocenters. The molecule has 29 heavy (non-hydrogen) atoms. The summed E-state index contributed by atoms with van der Waals surface area (Å²) in [6.45, 7) is 4.47. The van der Waals surface area contributed by atoms with E-state index in [2.05, 4.69) is 58.9 Å². The number of nitrogens with one attached hydrogen (secondary N) is 2. The molecule has 0 aliphatic heterocycles. The van der Waals surface area contributed by atoms with E-state index in [9.17, 15) is 5.11 Å². The van der Waals surface area contributed by atoms with Gasteiger partial charge in [-0.05, 0) is 55.9 Å². The molecule has 160 valence electrons. The van der Waals surface area contributed by atoms with Gasteiger partial charge < -0.3 is 20.6 Å². The lowest BCUT2D eigenvalue weighted by molar-refractivity contribution is 0.181. The maximum Gasteiger partial charge on any atom is 0.191 e. The highest BCUT2D eigenvalue weighted by Gasteiger charge is 2.10. The Hall–Kier alpha value is -1.06. The zero-order valence-electron chi connectivity index (χ0n) is 17.0. The predicted molar refractivity (Wildman–Crippen MR) is 133 cm³/mol. The third kappa shape index (κ3) is 9.53. The highest BCUT2D eigenvalue weighted by molar-refractivity contribution is 14.0. The molecule has 0 heterocycles. The van der Waals surface area contributed by atoms with Gasteiger partial charge >= 0.3 is 0 Å². The Kier molecular flexibility index (Phi) is 11.9. The van der Waals surface area contributed by atoms with Gasteiger partial charge in [0.1, 0.15) is 0 Å². The molecule has 0 aliphatic rings. The highest BCUT2D eigenvalue weighted by atomic mass is 127. The third-order valence-electron chi connectivity index (χ3n) is 3.99. The molecular weight excluding hydrogens is 522 g/mol. The van der Waals surface area contributed by atoms with Gasteiger partial charge in [-0.2, -0.15) is 0 Å². The highest BCUT2D eigenvalue weighted by Crippen LogP contribution is 2.23. The Morgan fingerprint density at radius 1 is 1.07 bits per heavy atom. The summed E-state index contributed by atoms with van der Waals surface area (Å²) in [5.41, 5.74) is 3.06. The number of aliphatic hydroxyl groups excluding tert-OH is 1. The van der Waals surface area contributed by atoms with Crippen LogP contribution in [0.2, 0.25) is 10.0 Å². The molecule has 0 radical (unpaired) electrons. The van der Waals surface area contributed by atoms with Crippen molar-refractivity contribution in [2.24, 2.45) is 4.99 Å². The van der Waals surface area contributed by atoms with Crippen molar-refractivity contribution in [2.45, 2.75) is 26.1 Å². The molecular formula is C21H29Cl2IN4O. The van der Waals surface area contributed by atoms with E-state index in [4.69, 9.17) is 23.2 Å². The van der Waals surface area contributed by atoms with Crippen LogP contribution < -0.4 is 10.6 Å². The van der Waals surface area contributed by atoms with Gasteiger partial charge in [0.15, 0.2) is 5.96 Å². The Bertz CT molecular complexity index is 782. The van der Waals surface area contributed by atoms with Crippen LogP contribution in [0.5, 0.6) is 0 Å². The van der Waals surface area contributed by atoms with Crippen LogP contribution in [-0.4, -0.2) is 43.2 Å². The van der Waals surface area contributed by atoms with Crippen LogP contribution in [0.4, 0.5) is 0 Å². The van der Waals surface area contributed by atoms with Crippen LogP contribution in [0.1, 0.15) is 29.7 Å². The zero-order chi connectivity index (χ0) is 20.5. The van der Waals surface area contributed by atoms with Crippen LogP contribution in [0, 0.1) is 0 Å². The summed E-state index contributed by atoms with van der Waals surface area (Å²) in [4.78, 5) is 6.76. The molecule has 2 aromatic carbocycles. The van der Waals surface area contributed by atoms with Gasteiger partial charge in [-0.25, -0.2) is 4.99 Å². The maximum atomic E-state index is 10.4. The summed E-state index contributed by atoms with van der Waals surface area (Å²) in [6, 6.07) is 13.5. The maximum absolute atomic E-state index is 10.4. The second kappa shape index (κ2) is 13.3. The minimum atomic E-state index is -0.747. The van der Waals surface area contributed by atoms with Crippen LogP contribution in [0.3, 0.4) is 0 Å². The molecule has 0 saturated heterocycles. The summed E-state index contributed by atoms with van der Waals surface area (Å²) >= 11 is 12.0. The van der Waals surface area contributed by atoms with E-state index in [1.807, 2.05) is 6.92 Å². The van der Waals surface area contributed by atoms with Crippen LogP contribution in [0.25, 0.3) is 0 Å². The van der Waals surface area contributed by atoms with Crippen molar-refractivity contribution in [1.82, 2.24) is 15.5 Å². The van der Waals surface area contributed by atoms with Crippen molar-refractivity contribution in [3.8, 4) is 0 Å². The van der Waals surface area contributed by atoms with Crippen molar-refractivity contribution in [3.05, 3.63) is 69.2 Å². The van der Waals surface area contributed by atoms with E-state index in [1.165, 1.54) is 5.56 Å². The summed E-state index contributed by atoms with van der Waals surface area (Å²) < 4.78 is 0. The van der Waals surface area contributed by atoms with Gasteiger partial charge in [-0.15, -0.1) is 24.0 Å². The fraction of sp³-hybridized carbons (Fsp3) is 0.381. The second-order valence-corrected chi connectivity index (χ2v) is 7.73. The summed E-state index contributed by atoms with van der Waals surface area (Å²) in [7, 11) is 4.10. The number of aliphatic imine (C=N–C) groups is 1. The summed E-state index contributed by atoms with van der Waals surface area (Å²) in [5.74, 6) is 0.646. The number of rotatable bonds is 8. The quantitative estimate of drug-likeness (QED) is 0.258. The standard InChI is InChI=1S/C21H28Cl2N4O.HI/c1-4-24-21(25-12-15-6-5-7-16(8-15)14-27(2)3)26-13-20(28)17-9-18(22)11-19(23)10-17;/h5-11,20,28H,4,12-14H2,1-3H3,(H2,24,25,26);1H. The molecule has 0 aromatic heterocycles. The molecule has 0 bridgehead atoms. The minimum absolute atomic E-state index is 0. The van der Waals surface area contributed by atoms with E-state index in [-0.39, 0.29) is 24.0 Å². The molecule has 2 aromatic rings. The van der Waals surface area contributed by atoms with E-state index in [0.717, 1.165) is 18.7 Å². The number of benzene rings is 2. The molecule has 2 rings (SSSR count). The minimum Gasteiger partial charge on any atom is -0.387 e. The lowest BCUT2D eigenvalue weighted by Crippen LogP contribution is -2.39. The number of halogens is 3. The topological polar surface area (TPSA) is 59.9 Å². The van der Waals surface area contributed by atoms with E-state index >= 15 is 0 Å². The molecule has 0 fully saturated rings. The van der Waals surface area contributed by atoms with E-state index < -0.39 is 6.10 Å². The first-order valence-electron chi connectivity index (χ1n) is 9.26. The van der Waals surface area contributed by atoms with Gasteiger partial charge in [0.25, 0.3) is 0 Å². The second-order valence-electron chi connectivity index (χ2n) is 6.85. The van der Waals surface area contributed by atoms with Crippen molar-refractivity contribution in [3.63, 3.8) is 0 Å². The predicted octanol–water partition coefficient (Wildman–Crippen LogP) is 4.46. The summed E-state index contributed by atoms with van der Waals surface area (Å²) in [6.07, 6.45) is -0.747. The molecule has 0 spiro atoms. The number of hydrogen-bond donors (Lipinski definition) is 3. The van der Waals surface area contributed by atoms with Crippen molar-refractivity contribution in [1.29, 1.82) is 0 Å². The first kappa shape index (κ1) is 26.0. The number of guanidine groups is 1. The smallest absolute Gasteiger partial charge is 0.191 e. The largest absolute Gasteiger partial charge is 0.387 e. The van der Waals surface area contributed by atoms with Crippen LogP contribution >= 0.6 is 47.2 Å². The third-order valence-corrected chi connectivity index (χ3v) is 4.42. The van der Waals surface area contributed by atoms with Crippen molar-refractivity contribution in [2.75, 3.05) is 27.2 Å². The SMILES string of the molecule is CCNC(=NCc1cccc(CN(C)C)c1)NCC(O)c1cc(Cl)cc(Cl)c1.I.